The van der Waals surface area contributed by atoms with Gasteiger partial charge in [0.1, 0.15) is 11.9 Å². The number of ketones is 1. The van der Waals surface area contributed by atoms with Gasteiger partial charge in [-0.1, -0.05) is 55.8 Å². The number of carbonyl (C=O) groups is 5. The van der Waals surface area contributed by atoms with E-state index in [1.165, 1.54) is 24.3 Å². The summed E-state index contributed by atoms with van der Waals surface area (Å²) in [5.74, 6) is -8.49. The second-order valence-corrected chi connectivity index (χ2v) is 10.5. The van der Waals surface area contributed by atoms with Crippen molar-refractivity contribution in [1.29, 1.82) is 0 Å². The minimum Gasteiger partial charge on any atom is -0.436 e. The second kappa shape index (κ2) is 15.9. The van der Waals surface area contributed by atoms with Gasteiger partial charge in [-0.2, -0.15) is 8.78 Å². The van der Waals surface area contributed by atoms with Crippen LogP contribution < -0.4 is 21.3 Å². The Labute approximate surface area is 253 Å². The number of hydrogen-bond acceptors (Lipinski definition) is 6. The van der Waals surface area contributed by atoms with Gasteiger partial charge >= 0.3 is 6.09 Å². The summed E-state index contributed by atoms with van der Waals surface area (Å²) in [6.45, 7) is 3.96. The Morgan fingerprint density at radius 2 is 1.77 bits per heavy atom. The molecular weight excluding hydrogens is 581 g/mol. The van der Waals surface area contributed by atoms with E-state index in [2.05, 4.69) is 21.3 Å². The van der Waals surface area contributed by atoms with E-state index in [0.717, 1.165) is 18.2 Å². The lowest BCUT2D eigenvalue weighted by atomic mass is 9.94. The third kappa shape index (κ3) is 9.04. The van der Waals surface area contributed by atoms with Gasteiger partial charge in [-0.15, -0.1) is 0 Å². The molecule has 44 heavy (non-hydrogen) atoms. The molecule has 1 heterocycles. The summed E-state index contributed by atoms with van der Waals surface area (Å²) in [5.41, 5.74) is -0.690. The summed E-state index contributed by atoms with van der Waals surface area (Å²) in [7, 11) is 0. The van der Waals surface area contributed by atoms with Crippen molar-refractivity contribution < 1.29 is 41.9 Å². The van der Waals surface area contributed by atoms with Crippen molar-refractivity contribution in [3.05, 3.63) is 71.5 Å². The van der Waals surface area contributed by atoms with Crippen LogP contribution in [0.4, 0.5) is 18.0 Å². The maximum absolute atomic E-state index is 15.7. The smallest absolute Gasteiger partial charge is 0.408 e. The molecule has 1 fully saturated rings. The highest BCUT2D eigenvalue weighted by Crippen LogP contribution is 2.40. The average molecular weight is 619 g/mol. The first-order valence-corrected chi connectivity index (χ1v) is 14.5. The highest BCUT2D eigenvalue weighted by Gasteiger charge is 2.44. The molecule has 2 aromatic rings. The van der Waals surface area contributed by atoms with Gasteiger partial charge in [-0.05, 0) is 50.3 Å². The fraction of sp³-hybridized carbons (Fsp3) is 0.452. The van der Waals surface area contributed by atoms with Gasteiger partial charge in [0.25, 0.3) is 17.7 Å². The monoisotopic (exact) mass is 618 g/mol. The van der Waals surface area contributed by atoms with Crippen LogP contribution in [0.3, 0.4) is 0 Å². The number of ether oxygens (including phenoxy) is 1. The predicted molar refractivity (Wildman–Crippen MR) is 154 cm³/mol. The summed E-state index contributed by atoms with van der Waals surface area (Å²) >= 11 is 0. The van der Waals surface area contributed by atoms with Crippen molar-refractivity contribution in [3.8, 4) is 0 Å². The SMILES string of the molecule is CCCC[C@H](OC(=O)NC(c1ccccc1)C(F)(F)c1cccc(F)c1)C(=O)N[C@@H](C[C@H]1CCNC1=O)C(=O)C(=O)NCC. The van der Waals surface area contributed by atoms with Gasteiger partial charge < -0.3 is 26.0 Å². The van der Waals surface area contributed by atoms with Gasteiger partial charge in [0.2, 0.25) is 11.7 Å². The van der Waals surface area contributed by atoms with Crippen LogP contribution in [0.25, 0.3) is 0 Å². The van der Waals surface area contributed by atoms with E-state index in [0.29, 0.717) is 31.9 Å². The Balaban J connectivity index is 1.83. The zero-order valence-electron chi connectivity index (χ0n) is 24.5. The van der Waals surface area contributed by atoms with Crippen LogP contribution in [0.1, 0.15) is 63.1 Å². The van der Waals surface area contributed by atoms with Gasteiger partial charge in [0.15, 0.2) is 6.10 Å². The molecule has 238 valence electrons. The van der Waals surface area contributed by atoms with Crippen LogP contribution in [0, 0.1) is 11.7 Å². The molecule has 0 bridgehead atoms. The van der Waals surface area contributed by atoms with Crippen LogP contribution >= 0.6 is 0 Å². The number of carbonyl (C=O) groups excluding carboxylic acids is 5. The standard InChI is InChI=1S/C31H37F3N4O6/c1-3-5-14-24(28(41)37-23(25(39)29(42)35-4-2)17-20-15-16-36-27(20)40)44-30(43)38-26(19-10-7-6-8-11-19)31(33,34)21-12-9-13-22(32)18-21/h6-13,18,20,23-24,26H,3-5,14-17H2,1-2H3,(H,35,42)(H,36,40)(H,37,41)(H,38,43)/t20-,23+,24+,26?/m1/s1. The first-order chi connectivity index (χ1) is 21.0. The number of nitrogens with one attached hydrogen (secondary N) is 4. The van der Waals surface area contributed by atoms with Crippen LogP contribution in [0.5, 0.6) is 0 Å². The summed E-state index contributed by atoms with van der Waals surface area (Å²) in [4.78, 5) is 63.8. The summed E-state index contributed by atoms with van der Waals surface area (Å²) in [6, 6.07) is 7.72. The number of Topliss-reactive ketones (excluding diaryl/α,β-unsaturated/α-hetero) is 1. The van der Waals surface area contributed by atoms with E-state index in [9.17, 15) is 28.4 Å². The maximum atomic E-state index is 15.7. The average Bonchev–Trinajstić information content (AvgIpc) is 3.41. The Kier molecular flexibility index (Phi) is 12.3. The molecule has 4 N–H and O–H groups in total. The number of halogens is 3. The van der Waals surface area contributed by atoms with Crippen molar-refractivity contribution in [2.45, 2.75) is 70.1 Å². The van der Waals surface area contributed by atoms with Gasteiger partial charge in [-0.25, -0.2) is 9.18 Å². The number of benzene rings is 2. The van der Waals surface area contributed by atoms with E-state index in [4.69, 9.17) is 4.74 Å². The number of likely N-dealkylation sites (N-methyl/N-ethyl adjacent to an activating group) is 1. The molecule has 1 saturated heterocycles. The highest BCUT2D eigenvalue weighted by atomic mass is 19.3. The summed E-state index contributed by atoms with van der Waals surface area (Å²) in [5, 5.41) is 9.58. The van der Waals surface area contributed by atoms with E-state index in [-0.39, 0.29) is 30.9 Å². The van der Waals surface area contributed by atoms with Crippen LogP contribution in [-0.4, -0.2) is 54.8 Å². The van der Waals surface area contributed by atoms with E-state index in [1.54, 1.807) is 13.0 Å². The first-order valence-electron chi connectivity index (χ1n) is 14.5. The Hall–Kier alpha value is -4.42. The number of rotatable bonds is 15. The number of amides is 4. The molecule has 4 amide bonds. The zero-order chi connectivity index (χ0) is 32.3. The molecule has 2 aromatic carbocycles. The lowest BCUT2D eigenvalue weighted by Crippen LogP contribution is -2.52. The topological polar surface area (TPSA) is 143 Å². The van der Waals surface area contributed by atoms with Crippen molar-refractivity contribution in [2.24, 2.45) is 5.92 Å². The normalized spacial score (nSPS) is 16.7. The van der Waals surface area contributed by atoms with E-state index in [1.807, 2.05) is 6.92 Å². The molecule has 13 heteroatoms. The Morgan fingerprint density at radius 3 is 2.39 bits per heavy atom. The molecule has 1 unspecified atom stereocenters. The highest BCUT2D eigenvalue weighted by molar-refractivity contribution is 6.38. The van der Waals surface area contributed by atoms with Crippen LogP contribution in [-0.2, 0) is 29.8 Å². The summed E-state index contributed by atoms with van der Waals surface area (Å²) < 4.78 is 50.7. The number of unbranched alkanes of at least 4 members (excludes halogenated alkanes) is 1. The van der Waals surface area contributed by atoms with Gasteiger partial charge in [0.05, 0.1) is 6.04 Å². The van der Waals surface area contributed by atoms with E-state index >= 15 is 8.78 Å². The van der Waals surface area contributed by atoms with E-state index < -0.39 is 65.1 Å². The third-order valence-corrected chi connectivity index (χ3v) is 7.21. The van der Waals surface area contributed by atoms with Gasteiger partial charge in [0, 0.05) is 24.6 Å². The molecule has 1 aliphatic heterocycles. The first kappa shape index (κ1) is 34.1. The minimum atomic E-state index is -3.80. The zero-order valence-corrected chi connectivity index (χ0v) is 24.5. The van der Waals surface area contributed by atoms with Crippen LogP contribution in [0.15, 0.2) is 54.6 Å². The fourth-order valence-electron chi connectivity index (χ4n) is 4.86. The maximum Gasteiger partial charge on any atom is 0.408 e. The molecule has 10 nitrogen and oxygen atoms in total. The van der Waals surface area contributed by atoms with Crippen molar-refractivity contribution >= 4 is 29.6 Å². The molecule has 3 rings (SSSR count). The van der Waals surface area contributed by atoms with Crippen molar-refractivity contribution in [3.63, 3.8) is 0 Å². The number of alkyl halides is 2. The quantitative estimate of drug-likeness (QED) is 0.225. The fourth-order valence-corrected chi connectivity index (χ4v) is 4.86. The largest absolute Gasteiger partial charge is 0.436 e. The second-order valence-electron chi connectivity index (χ2n) is 10.5. The van der Waals surface area contributed by atoms with Gasteiger partial charge in [-0.3, -0.25) is 19.2 Å². The number of alkyl carbamates (subject to hydrolysis) is 1. The number of hydrogen-bond donors (Lipinski definition) is 4. The lowest BCUT2D eigenvalue weighted by Gasteiger charge is -2.29. The molecule has 0 saturated carbocycles. The molecule has 0 radical (unpaired) electrons. The lowest BCUT2D eigenvalue weighted by molar-refractivity contribution is -0.141. The minimum absolute atomic E-state index is 0.00397. The molecular formula is C31H37F3N4O6. The molecule has 0 spiro atoms. The predicted octanol–water partition coefficient (Wildman–Crippen LogP) is 3.66. The Bertz CT molecular complexity index is 1330. The third-order valence-electron chi connectivity index (χ3n) is 7.21. The van der Waals surface area contributed by atoms with Crippen LogP contribution in [0.2, 0.25) is 0 Å². The molecule has 0 aromatic heterocycles. The summed E-state index contributed by atoms with van der Waals surface area (Å²) in [6.07, 6.45) is -1.67. The molecule has 1 aliphatic rings. The Morgan fingerprint density at radius 1 is 1.05 bits per heavy atom. The molecule has 4 atom stereocenters. The molecule has 0 aliphatic carbocycles. The van der Waals surface area contributed by atoms with Crippen molar-refractivity contribution in [1.82, 2.24) is 21.3 Å². The van der Waals surface area contributed by atoms with Crippen molar-refractivity contribution in [2.75, 3.05) is 13.1 Å².